The summed E-state index contributed by atoms with van der Waals surface area (Å²) in [6.07, 6.45) is 1.43. The van der Waals surface area contributed by atoms with Gasteiger partial charge in [-0.3, -0.25) is 19.4 Å². The van der Waals surface area contributed by atoms with Gasteiger partial charge in [0.25, 0.3) is 11.8 Å². The number of nitrogens with zero attached hydrogens (tertiary/aromatic N) is 2. The summed E-state index contributed by atoms with van der Waals surface area (Å²) >= 11 is 0. The number of amides is 4. The molecule has 1 aliphatic rings. The molecule has 1 fully saturated rings. The van der Waals surface area contributed by atoms with Gasteiger partial charge in [-0.2, -0.15) is 0 Å². The molecule has 3 rings (SSSR count). The molecule has 1 saturated heterocycles. The molecule has 8 nitrogen and oxygen atoms in total. The van der Waals surface area contributed by atoms with Crippen molar-refractivity contribution in [2.24, 2.45) is 0 Å². The average Bonchev–Trinajstić information content (AvgIpc) is 2.82. The van der Waals surface area contributed by atoms with E-state index in [0.29, 0.717) is 30.3 Å². The minimum absolute atomic E-state index is 0.0845. The van der Waals surface area contributed by atoms with E-state index in [-0.39, 0.29) is 11.0 Å². The Kier molecular flexibility index (Phi) is 7.29. The minimum Gasteiger partial charge on any atom is -0.493 e. The molecule has 0 aromatic heterocycles. The monoisotopic (exact) mass is 466 g/mol. The minimum atomic E-state index is -0.666. The Morgan fingerprint density at radius 1 is 0.824 bits per heavy atom. The van der Waals surface area contributed by atoms with Crippen molar-refractivity contribution in [1.29, 1.82) is 0 Å². The van der Waals surface area contributed by atoms with Crippen LogP contribution in [-0.4, -0.2) is 62.1 Å². The average molecular weight is 467 g/mol. The molecule has 0 spiro atoms. The van der Waals surface area contributed by atoms with Gasteiger partial charge in [0.05, 0.1) is 7.11 Å². The molecule has 0 unspecified atom stereocenters. The Labute approximate surface area is 199 Å². The number of urea groups is 1. The van der Waals surface area contributed by atoms with Crippen LogP contribution in [0.1, 0.15) is 31.9 Å². The van der Waals surface area contributed by atoms with Gasteiger partial charge in [-0.25, -0.2) is 4.79 Å². The van der Waals surface area contributed by atoms with E-state index < -0.39 is 17.8 Å². The maximum atomic E-state index is 12.4. The number of hydrogen-bond donors (Lipinski definition) is 0. The maximum absolute atomic E-state index is 12.4. The van der Waals surface area contributed by atoms with Crippen LogP contribution in [0.5, 0.6) is 17.2 Å². The van der Waals surface area contributed by atoms with E-state index in [9.17, 15) is 14.4 Å². The van der Waals surface area contributed by atoms with Crippen molar-refractivity contribution in [2.45, 2.75) is 26.2 Å². The number of carbonyl (C=O) groups is 3. The zero-order valence-electron chi connectivity index (χ0n) is 20.4. The fourth-order valence-electron chi connectivity index (χ4n) is 3.40. The van der Waals surface area contributed by atoms with Crippen LogP contribution in [0, 0.1) is 0 Å². The van der Waals surface area contributed by atoms with E-state index in [1.807, 2.05) is 12.1 Å². The highest BCUT2D eigenvalue weighted by Gasteiger charge is 2.37. The lowest BCUT2D eigenvalue weighted by atomic mass is 9.87. The van der Waals surface area contributed by atoms with Crippen LogP contribution in [0.2, 0.25) is 0 Å². The predicted molar refractivity (Wildman–Crippen MR) is 128 cm³/mol. The van der Waals surface area contributed by atoms with Crippen LogP contribution in [0.4, 0.5) is 4.79 Å². The summed E-state index contributed by atoms with van der Waals surface area (Å²) in [5.74, 6) is 0.403. The Balaban J connectivity index is 1.64. The van der Waals surface area contributed by atoms with E-state index in [0.717, 1.165) is 15.5 Å². The summed E-state index contributed by atoms with van der Waals surface area (Å²) in [6, 6.07) is 12.4. The van der Waals surface area contributed by atoms with Crippen molar-refractivity contribution in [1.82, 2.24) is 9.80 Å². The third-order valence-corrected chi connectivity index (χ3v) is 5.47. The second kappa shape index (κ2) is 9.99. The molecule has 34 heavy (non-hydrogen) atoms. The number of benzene rings is 2. The van der Waals surface area contributed by atoms with Crippen LogP contribution in [0.15, 0.2) is 48.0 Å². The lowest BCUT2D eigenvalue weighted by Crippen LogP contribution is -2.52. The first-order valence-corrected chi connectivity index (χ1v) is 10.9. The third kappa shape index (κ3) is 5.39. The Hall–Kier alpha value is -3.81. The first-order valence-electron chi connectivity index (χ1n) is 10.9. The number of methoxy groups -OCH3 is 1. The molecule has 2 aromatic rings. The highest BCUT2D eigenvalue weighted by molar-refractivity contribution is 6.30. The summed E-state index contributed by atoms with van der Waals surface area (Å²) < 4.78 is 17.0. The molecular formula is C26H30N2O6. The zero-order chi connectivity index (χ0) is 25.0. The molecule has 2 aromatic carbocycles. The van der Waals surface area contributed by atoms with Gasteiger partial charge in [0.2, 0.25) is 0 Å². The van der Waals surface area contributed by atoms with Gasteiger partial charge < -0.3 is 14.2 Å². The molecule has 0 saturated carbocycles. The van der Waals surface area contributed by atoms with Gasteiger partial charge >= 0.3 is 6.03 Å². The summed E-state index contributed by atoms with van der Waals surface area (Å²) in [7, 11) is 4.17. The molecule has 0 radical (unpaired) electrons. The van der Waals surface area contributed by atoms with E-state index in [1.165, 1.54) is 32.8 Å². The Bertz CT molecular complexity index is 1090. The van der Waals surface area contributed by atoms with Crippen LogP contribution in [0.25, 0.3) is 6.08 Å². The van der Waals surface area contributed by atoms with E-state index in [1.54, 1.807) is 18.2 Å². The SMILES string of the molecule is COc1cc(C=C2C(=O)N(C)C(=O)N(C)C2=O)ccc1OCCOc1ccc(C(C)(C)C)cc1. The van der Waals surface area contributed by atoms with Gasteiger partial charge in [-0.15, -0.1) is 0 Å². The fraction of sp³-hybridized carbons (Fsp3) is 0.346. The summed E-state index contributed by atoms with van der Waals surface area (Å²) in [5.41, 5.74) is 1.78. The molecule has 0 atom stereocenters. The van der Waals surface area contributed by atoms with Gasteiger partial charge in [-0.1, -0.05) is 39.0 Å². The summed E-state index contributed by atoms with van der Waals surface area (Å²) in [6.45, 7) is 7.13. The number of likely N-dealkylation sites (N-methyl/N-ethyl adjacent to an activating group) is 2. The fourth-order valence-corrected chi connectivity index (χ4v) is 3.40. The number of barbiturate groups is 1. The van der Waals surface area contributed by atoms with Crippen molar-refractivity contribution < 1.29 is 28.6 Å². The van der Waals surface area contributed by atoms with Crippen LogP contribution >= 0.6 is 0 Å². The largest absolute Gasteiger partial charge is 0.493 e. The number of carbonyl (C=O) groups excluding carboxylic acids is 3. The summed E-state index contributed by atoms with van der Waals surface area (Å²) in [4.78, 5) is 38.5. The first kappa shape index (κ1) is 24.8. The second-order valence-electron chi connectivity index (χ2n) is 8.95. The van der Waals surface area contributed by atoms with Gasteiger partial charge in [0, 0.05) is 14.1 Å². The smallest absolute Gasteiger partial charge is 0.333 e. The molecular weight excluding hydrogens is 436 g/mol. The van der Waals surface area contributed by atoms with Crippen LogP contribution < -0.4 is 14.2 Å². The first-order chi connectivity index (χ1) is 16.0. The van der Waals surface area contributed by atoms with Crippen LogP contribution in [0.3, 0.4) is 0 Å². The summed E-state index contributed by atoms with van der Waals surface area (Å²) in [5, 5.41) is 0. The molecule has 0 aliphatic carbocycles. The predicted octanol–water partition coefficient (Wildman–Crippen LogP) is 3.88. The molecule has 0 N–H and O–H groups in total. The van der Waals surface area contributed by atoms with Gasteiger partial charge in [-0.05, 0) is 46.9 Å². The molecule has 1 aliphatic heterocycles. The topological polar surface area (TPSA) is 85.4 Å². The lowest BCUT2D eigenvalue weighted by Gasteiger charge is -2.28. The van der Waals surface area contributed by atoms with Gasteiger partial charge in [0.15, 0.2) is 11.5 Å². The quantitative estimate of drug-likeness (QED) is 0.350. The Morgan fingerprint density at radius 3 is 1.97 bits per heavy atom. The van der Waals surface area contributed by atoms with Crippen molar-refractivity contribution >= 4 is 23.9 Å². The molecule has 180 valence electrons. The van der Waals surface area contributed by atoms with E-state index in [4.69, 9.17) is 14.2 Å². The standard InChI is InChI=1S/C26H30N2O6/c1-26(2,3)18-8-10-19(11-9-18)33-13-14-34-21-12-7-17(16-22(21)32-6)15-20-23(29)27(4)25(31)28(5)24(20)30/h7-12,15-16H,13-14H2,1-6H3. The van der Waals surface area contributed by atoms with Crippen molar-refractivity contribution in [3.05, 3.63) is 59.2 Å². The molecule has 4 amide bonds. The van der Waals surface area contributed by atoms with Crippen LogP contribution in [-0.2, 0) is 15.0 Å². The maximum Gasteiger partial charge on any atom is 0.333 e. The second-order valence-corrected chi connectivity index (χ2v) is 8.95. The Morgan fingerprint density at radius 2 is 1.41 bits per heavy atom. The number of ether oxygens (including phenoxy) is 3. The number of rotatable bonds is 7. The molecule has 1 heterocycles. The molecule has 8 heteroatoms. The normalized spacial score (nSPS) is 14.4. The van der Waals surface area contributed by atoms with Crippen molar-refractivity contribution in [3.63, 3.8) is 0 Å². The van der Waals surface area contributed by atoms with E-state index >= 15 is 0 Å². The highest BCUT2D eigenvalue weighted by Crippen LogP contribution is 2.30. The zero-order valence-corrected chi connectivity index (χ0v) is 20.4. The van der Waals surface area contributed by atoms with Crippen molar-refractivity contribution in [2.75, 3.05) is 34.4 Å². The third-order valence-electron chi connectivity index (χ3n) is 5.47. The van der Waals surface area contributed by atoms with Gasteiger partial charge in [0.1, 0.15) is 24.5 Å². The highest BCUT2D eigenvalue weighted by atomic mass is 16.5. The molecule has 0 bridgehead atoms. The van der Waals surface area contributed by atoms with Crippen molar-refractivity contribution in [3.8, 4) is 17.2 Å². The van der Waals surface area contributed by atoms with E-state index in [2.05, 4.69) is 32.9 Å². The number of imide groups is 2. The number of hydrogen-bond acceptors (Lipinski definition) is 6. The lowest BCUT2D eigenvalue weighted by molar-refractivity contribution is -0.134.